The average molecular weight is 279 g/mol. The highest BCUT2D eigenvalue weighted by atomic mass is 16.5. The minimum Gasteiger partial charge on any atom is -0.492 e. The molecule has 0 aliphatic heterocycles. The fraction of sp³-hybridized carbons (Fsp3) is 0.118. The third kappa shape index (κ3) is 3.23. The Morgan fingerprint density at radius 2 is 1.95 bits per heavy atom. The fourth-order valence-electron chi connectivity index (χ4n) is 2.21. The number of aromatic nitrogens is 1. The molecule has 0 unspecified atom stereocenters. The number of nitrogens with two attached hydrogens (primary N) is 1. The zero-order chi connectivity index (χ0) is 14.5. The van der Waals surface area contributed by atoms with Crippen molar-refractivity contribution in [1.29, 1.82) is 0 Å². The minimum atomic E-state index is 0.570. The van der Waals surface area contributed by atoms with Gasteiger partial charge in [-0.05, 0) is 24.3 Å². The Morgan fingerprint density at radius 1 is 1.05 bits per heavy atom. The lowest BCUT2D eigenvalue weighted by atomic mass is 10.2. The van der Waals surface area contributed by atoms with Gasteiger partial charge in [-0.25, -0.2) is 0 Å². The number of rotatable bonds is 5. The molecule has 0 fully saturated rings. The topological polar surface area (TPSA) is 60.2 Å². The van der Waals surface area contributed by atoms with Crippen molar-refractivity contribution < 1.29 is 4.74 Å². The van der Waals surface area contributed by atoms with Crippen LogP contribution in [0.25, 0.3) is 10.9 Å². The van der Waals surface area contributed by atoms with Gasteiger partial charge in [-0.2, -0.15) is 0 Å². The van der Waals surface area contributed by atoms with Crippen LogP contribution in [-0.2, 0) is 0 Å². The number of para-hydroxylation sites is 1. The molecule has 0 aliphatic rings. The highest BCUT2D eigenvalue weighted by Crippen LogP contribution is 2.20. The molecular formula is C17H17N3O. The van der Waals surface area contributed by atoms with Crippen LogP contribution in [0.2, 0.25) is 0 Å². The quantitative estimate of drug-likeness (QED) is 0.555. The Bertz CT molecular complexity index is 737. The molecule has 3 aromatic rings. The van der Waals surface area contributed by atoms with Gasteiger partial charge in [0.2, 0.25) is 0 Å². The summed E-state index contributed by atoms with van der Waals surface area (Å²) in [4.78, 5) is 4.34. The number of pyridine rings is 1. The number of nitrogens with one attached hydrogen (secondary N) is 1. The molecular weight excluding hydrogens is 262 g/mol. The Kier molecular flexibility index (Phi) is 3.87. The molecule has 4 nitrogen and oxygen atoms in total. The number of nitrogen functional groups attached to an aromatic ring is 1. The normalized spacial score (nSPS) is 10.5. The third-order valence-electron chi connectivity index (χ3n) is 3.19. The molecule has 21 heavy (non-hydrogen) atoms. The first-order valence-electron chi connectivity index (χ1n) is 6.89. The van der Waals surface area contributed by atoms with Crippen molar-refractivity contribution in [3.63, 3.8) is 0 Å². The van der Waals surface area contributed by atoms with E-state index in [1.807, 2.05) is 54.7 Å². The van der Waals surface area contributed by atoms with Crippen LogP contribution in [0.4, 0.5) is 11.4 Å². The summed E-state index contributed by atoms with van der Waals surface area (Å²) in [5.41, 5.74) is 8.47. The summed E-state index contributed by atoms with van der Waals surface area (Å²) in [5, 5.41) is 4.49. The number of hydrogen-bond acceptors (Lipinski definition) is 4. The van der Waals surface area contributed by atoms with E-state index in [1.165, 1.54) is 0 Å². The fourth-order valence-corrected chi connectivity index (χ4v) is 2.21. The molecule has 2 aromatic carbocycles. The molecule has 0 bridgehead atoms. The maximum Gasteiger partial charge on any atom is 0.121 e. The first-order chi connectivity index (χ1) is 10.3. The Labute approximate surface area is 123 Å². The van der Waals surface area contributed by atoms with Crippen molar-refractivity contribution in [2.45, 2.75) is 0 Å². The Balaban J connectivity index is 1.60. The second-order valence-corrected chi connectivity index (χ2v) is 4.72. The summed E-state index contributed by atoms with van der Waals surface area (Å²) in [6, 6.07) is 17.5. The van der Waals surface area contributed by atoms with E-state index in [0.717, 1.165) is 22.3 Å². The Hall–Kier alpha value is -2.75. The van der Waals surface area contributed by atoms with E-state index in [4.69, 9.17) is 10.5 Å². The maximum atomic E-state index is 5.71. The monoisotopic (exact) mass is 279 g/mol. The van der Waals surface area contributed by atoms with E-state index in [1.54, 1.807) is 0 Å². The van der Waals surface area contributed by atoms with Crippen molar-refractivity contribution >= 4 is 22.3 Å². The summed E-state index contributed by atoms with van der Waals surface area (Å²) < 4.78 is 5.66. The molecule has 0 spiro atoms. The molecule has 4 heteroatoms. The van der Waals surface area contributed by atoms with Gasteiger partial charge in [-0.15, -0.1) is 0 Å². The van der Waals surface area contributed by atoms with Gasteiger partial charge in [0.15, 0.2) is 0 Å². The zero-order valence-electron chi connectivity index (χ0n) is 11.6. The van der Waals surface area contributed by atoms with Crippen LogP contribution in [0.5, 0.6) is 5.75 Å². The molecule has 0 radical (unpaired) electrons. The molecule has 3 N–H and O–H groups in total. The highest BCUT2D eigenvalue weighted by Gasteiger charge is 2.00. The van der Waals surface area contributed by atoms with Gasteiger partial charge in [0.05, 0.1) is 5.52 Å². The largest absolute Gasteiger partial charge is 0.492 e. The summed E-state index contributed by atoms with van der Waals surface area (Å²) >= 11 is 0. The second kappa shape index (κ2) is 6.13. The first kappa shape index (κ1) is 13.2. The SMILES string of the molecule is Nc1cccc(OCCNc2ccnc3ccccc23)c1. The lowest BCUT2D eigenvalue weighted by Crippen LogP contribution is -2.11. The van der Waals surface area contributed by atoms with Gasteiger partial charge in [0, 0.05) is 35.6 Å². The number of benzene rings is 2. The van der Waals surface area contributed by atoms with Gasteiger partial charge in [0.25, 0.3) is 0 Å². The van der Waals surface area contributed by atoms with Crippen LogP contribution in [0.3, 0.4) is 0 Å². The van der Waals surface area contributed by atoms with Crippen molar-refractivity contribution in [1.82, 2.24) is 4.98 Å². The average Bonchev–Trinajstić information content (AvgIpc) is 2.52. The zero-order valence-corrected chi connectivity index (χ0v) is 11.6. The van der Waals surface area contributed by atoms with E-state index < -0.39 is 0 Å². The van der Waals surface area contributed by atoms with E-state index in [2.05, 4.69) is 16.4 Å². The van der Waals surface area contributed by atoms with Crippen molar-refractivity contribution in [3.05, 3.63) is 60.8 Å². The molecule has 3 rings (SSSR count). The van der Waals surface area contributed by atoms with Crippen molar-refractivity contribution in [2.75, 3.05) is 24.2 Å². The van der Waals surface area contributed by atoms with Crippen LogP contribution >= 0.6 is 0 Å². The van der Waals surface area contributed by atoms with Crippen LogP contribution in [0.15, 0.2) is 60.8 Å². The van der Waals surface area contributed by atoms with Gasteiger partial charge in [0.1, 0.15) is 12.4 Å². The number of nitrogens with zero attached hydrogens (tertiary/aromatic N) is 1. The Morgan fingerprint density at radius 3 is 2.86 bits per heavy atom. The summed E-state index contributed by atoms with van der Waals surface area (Å²) in [6.45, 7) is 1.28. The lowest BCUT2D eigenvalue weighted by molar-refractivity contribution is 0.333. The summed E-state index contributed by atoms with van der Waals surface area (Å²) in [5.74, 6) is 0.788. The molecule has 0 aliphatic carbocycles. The summed E-state index contributed by atoms with van der Waals surface area (Å²) in [7, 11) is 0. The van der Waals surface area contributed by atoms with Crippen LogP contribution in [0, 0.1) is 0 Å². The molecule has 1 heterocycles. The number of fused-ring (bicyclic) bond motifs is 1. The third-order valence-corrected chi connectivity index (χ3v) is 3.19. The van der Waals surface area contributed by atoms with Crippen LogP contribution in [0.1, 0.15) is 0 Å². The van der Waals surface area contributed by atoms with Crippen LogP contribution in [-0.4, -0.2) is 18.1 Å². The molecule has 0 atom stereocenters. The number of ether oxygens (including phenoxy) is 1. The summed E-state index contributed by atoms with van der Waals surface area (Å²) in [6.07, 6.45) is 1.81. The van der Waals surface area contributed by atoms with Gasteiger partial charge in [-0.1, -0.05) is 24.3 Å². The smallest absolute Gasteiger partial charge is 0.121 e. The molecule has 1 aromatic heterocycles. The second-order valence-electron chi connectivity index (χ2n) is 4.72. The number of anilines is 2. The number of hydrogen-bond donors (Lipinski definition) is 2. The van der Waals surface area contributed by atoms with E-state index in [0.29, 0.717) is 18.8 Å². The van der Waals surface area contributed by atoms with E-state index >= 15 is 0 Å². The lowest BCUT2D eigenvalue weighted by Gasteiger charge is -2.10. The van der Waals surface area contributed by atoms with Gasteiger partial charge >= 0.3 is 0 Å². The van der Waals surface area contributed by atoms with Crippen molar-refractivity contribution in [2.24, 2.45) is 0 Å². The molecule has 0 amide bonds. The maximum absolute atomic E-state index is 5.71. The van der Waals surface area contributed by atoms with Gasteiger partial charge in [-0.3, -0.25) is 4.98 Å². The molecule has 0 saturated heterocycles. The van der Waals surface area contributed by atoms with E-state index in [-0.39, 0.29) is 0 Å². The standard InChI is InChI=1S/C17H17N3O/c18-13-4-3-5-14(12-13)21-11-10-20-17-8-9-19-16-7-2-1-6-15(16)17/h1-9,12H,10-11,18H2,(H,19,20). The molecule has 0 saturated carbocycles. The molecule has 106 valence electrons. The van der Waals surface area contributed by atoms with Crippen LogP contribution < -0.4 is 15.8 Å². The highest BCUT2D eigenvalue weighted by molar-refractivity contribution is 5.90. The predicted octanol–water partition coefficient (Wildman–Crippen LogP) is 3.31. The van der Waals surface area contributed by atoms with E-state index in [9.17, 15) is 0 Å². The van der Waals surface area contributed by atoms with Crippen molar-refractivity contribution in [3.8, 4) is 5.75 Å². The minimum absolute atomic E-state index is 0.570. The predicted molar refractivity (Wildman–Crippen MR) is 86.6 cm³/mol. The van der Waals surface area contributed by atoms with Gasteiger partial charge < -0.3 is 15.8 Å². The first-order valence-corrected chi connectivity index (χ1v) is 6.89.